The Morgan fingerprint density at radius 1 is 0.971 bits per heavy atom. The normalized spacial score (nSPS) is 13.6. The first-order chi connectivity index (χ1) is 15.6. The van der Waals surface area contributed by atoms with Crippen LogP contribution >= 0.6 is 23.2 Å². The number of unbranched alkanes of at least 4 members (excludes halogenated alkanes) is 1. The van der Waals surface area contributed by atoms with E-state index in [9.17, 15) is 14.4 Å². The van der Waals surface area contributed by atoms with Crippen molar-refractivity contribution in [2.45, 2.75) is 78.9 Å². The molecule has 1 aromatic rings. The van der Waals surface area contributed by atoms with Crippen molar-refractivity contribution < 1.29 is 23.9 Å². The number of benzene rings is 1. The minimum atomic E-state index is -0.732. The average molecular weight is 517 g/mol. The standard InChI is InChI=1S/C25H38Cl2N2O5/c1-24(2,3)21(23(32)28-7)29-22(31)16(14-20(30)34-25(4,5)6)10-8-9-13-33-17-11-12-18(26)19(27)15-17/h11-12,15-16,21H,8-10,13-14H2,1-7H3,(H,28,32)(H,29,31)/t16-,21-/m1/s1. The SMILES string of the molecule is CNC(=O)[C@@H](NC(=O)[C@H](CCCCOc1ccc(Cl)c(Cl)c1)CC(=O)OC(C)(C)C)C(C)(C)C. The van der Waals surface area contributed by atoms with Gasteiger partial charge in [-0.2, -0.15) is 0 Å². The van der Waals surface area contributed by atoms with E-state index < -0.39 is 28.9 Å². The van der Waals surface area contributed by atoms with Crippen LogP contribution in [-0.2, 0) is 19.1 Å². The molecule has 0 aromatic heterocycles. The molecule has 0 radical (unpaired) electrons. The molecule has 0 heterocycles. The van der Waals surface area contributed by atoms with Crippen molar-refractivity contribution in [2.75, 3.05) is 13.7 Å². The van der Waals surface area contributed by atoms with Crippen molar-refractivity contribution in [3.8, 4) is 5.75 Å². The number of carbonyl (C=O) groups is 3. The summed E-state index contributed by atoms with van der Waals surface area (Å²) in [5.74, 6) is -1.11. The maximum atomic E-state index is 13.1. The Balaban J connectivity index is 2.78. The molecule has 2 amide bonds. The van der Waals surface area contributed by atoms with Gasteiger partial charge < -0.3 is 20.1 Å². The van der Waals surface area contributed by atoms with Crippen LogP contribution in [0.15, 0.2) is 18.2 Å². The Bertz CT molecular complexity index is 847. The molecule has 2 N–H and O–H groups in total. The highest BCUT2D eigenvalue weighted by atomic mass is 35.5. The summed E-state index contributed by atoms with van der Waals surface area (Å²) in [6.45, 7) is 11.4. The molecule has 9 heteroatoms. The monoisotopic (exact) mass is 516 g/mol. The van der Waals surface area contributed by atoms with Crippen LogP contribution in [0.5, 0.6) is 5.75 Å². The Morgan fingerprint density at radius 3 is 2.15 bits per heavy atom. The van der Waals surface area contributed by atoms with Crippen molar-refractivity contribution in [1.82, 2.24) is 10.6 Å². The largest absolute Gasteiger partial charge is 0.494 e. The van der Waals surface area contributed by atoms with Crippen LogP contribution < -0.4 is 15.4 Å². The second-order valence-corrected chi connectivity index (χ2v) is 11.1. The van der Waals surface area contributed by atoms with Gasteiger partial charge in [-0.3, -0.25) is 14.4 Å². The molecular formula is C25H38Cl2N2O5. The highest BCUT2D eigenvalue weighted by molar-refractivity contribution is 6.42. The number of ether oxygens (including phenoxy) is 2. The minimum Gasteiger partial charge on any atom is -0.494 e. The lowest BCUT2D eigenvalue weighted by Crippen LogP contribution is -2.54. The third-order valence-corrected chi connectivity index (χ3v) is 5.71. The van der Waals surface area contributed by atoms with E-state index in [1.54, 1.807) is 39.0 Å². The molecule has 0 fully saturated rings. The summed E-state index contributed by atoms with van der Waals surface area (Å²) < 4.78 is 11.1. The minimum absolute atomic E-state index is 0.0681. The van der Waals surface area contributed by atoms with E-state index in [1.807, 2.05) is 20.8 Å². The van der Waals surface area contributed by atoms with Crippen LogP contribution in [-0.4, -0.2) is 43.1 Å². The molecule has 0 aliphatic rings. The van der Waals surface area contributed by atoms with E-state index in [-0.39, 0.29) is 18.2 Å². The second kappa shape index (κ2) is 13.2. The van der Waals surface area contributed by atoms with Crippen molar-refractivity contribution in [3.05, 3.63) is 28.2 Å². The number of esters is 1. The van der Waals surface area contributed by atoms with E-state index in [2.05, 4.69) is 10.6 Å². The number of hydrogen-bond donors (Lipinski definition) is 2. The van der Waals surface area contributed by atoms with Gasteiger partial charge in [0.05, 0.1) is 23.1 Å². The summed E-state index contributed by atoms with van der Waals surface area (Å²) in [6, 6.07) is 4.31. The predicted molar refractivity (Wildman–Crippen MR) is 135 cm³/mol. The average Bonchev–Trinajstić information content (AvgIpc) is 2.70. The fourth-order valence-corrected chi connectivity index (χ4v) is 3.53. The number of nitrogens with one attached hydrogen (secondary N) is 2. The molecule has 7 nitrogen and oxygen atoms in total. The first kappa shape index (κ1) is 30.0. The Hall–Kier alpha value is -1.99. The molecule has 0 spiro atoms. The van der Waals surface area contributed by atoms with Gasteiger partial charge in [0.1, 0.15) is 17.4 Å². The lowest BCUT2D eigenvalue weighted by Gasteiger charge is -2.31. The van der Waals surface area contributed by atoms with E-state index in [4.69, 9.17) is 32.7 Å². The fourth-order valence-electron chi connectivity index (χ4n) is 3.24. The van der Waals surface area contributed by atoms with E-state index in [0.717, 1.165) is 0 Å². The molecule has 1 aromatic carbocycles. The first-order valence-electron chi connectivity index (χ1n) is 11.5. The third-order valence-electron chi connectivity index (χ3n) is 4.97. The first-order valence-corrected chi connectivity index (χ1v) is 12.2. The highest BCUT2D eigenvalue weighted by Gasteiger charge is 2.34. The zero-order chi connectivity index (χ0) is 26.1. The van der Waals surface area contributed by atoms with Crippen molar-refractivity contribution in [3.63, 3.8) is 0 Å². The quantitative estimate of drug-likeness (QED) is 0.312. The molecule has 1 rings (SSSR count). The maximum Gasteiger partial charge on any atom is 0.307 e. The molecule has 192 valence electrons. The van der Waals surface area contributed by atoms with Crippen molar-refractivity contribution in [1.29, 1.82) is 0 Å². The molecule has 34 heavy (non-hydrogen) atoms. The van der Waals surface area contributed by atoms with Gasteiger partial charge >= 0.3 is 5.97 Å². The number of likely N-dealkylation sites (N-methyl/N-ethyl adjacent to an activating group) is 1. The molecule has 2 atom stereocenters. The molecule has 0 unspecified atom stereocenters. The van der Waals surface area contributed by atoms with Crippen LogP contribution in [0.2, 0.25) is 10.0 Å². The summed E-state index contributed by atoms with van der Waals surface area (Å²) >= 11 is 11.9. The van der Waals surface area contributed by atoms with Gasteiger partial charge in [-0.05, 0) is 57.6 Å². The molecule has 0 aliphatic heterocycles. The maximum absolute atomic E-state index is 13.1. The van der Waals surface area contributed by atoms with Crippen LogP contribution in [0.1, 0.15) is 67.2 Å². The predicted octanol–water partition coefficient (Wildman–Crippen LogP) is 5.17. The van der Waals surface area contributed by atoms with Crippen molar-refractivity contribution >= 4 is 41.0 Å². The van der Waals surface area contributed by atoms with Gasteiger partial charge in [-0.1, -0.05) is 44.0 Å². The van der Waals surface area contributed by atoms with Crippen LogP contribution in [0.4, 0.5) is 0 Å². The Morgan fingerprint density at radius 2 is 1.62 bits per heavy atom. The van der Waals surface area contributed by atoms with E-state index >= 15 is 0 Å². The molecule has 0 aliphatic carbocycles. The van der Waals surface area contributed by atoms with Crippen LogP contribution in [0, 0.1) is 11.3 Å². The van der Waals surface area contributed by atoms with Gasteiger partial charge in [0, 0.05) is 19.0 Å². The van der Waals surface area contributed by atoms with Crippen LogP contribution in [0.25, 0.3) is 0 Å². The topological polar surface area (TPSA) is 93.7 Å². The molecule has 0 saturated heterocycles. The summed E-state index contributed by atoms with van der Waals surface area (Å²) in [6.07, 6.45) is 1.68. The van der Waals surface area contributed by atoms with Gasteiger partial charge in [0.2, 0.25) is 11.8 Å². The Kier molecular flexibility index (Phi) is 11.7. The highest BCUT2D eigenvalue weighted by Crippen LogP contribution is 2.27. The summed E-state index contributed by atoms with van der Waals surface area (Å²) in [5.41, 5.74) is -1.15. The zero-order valence-electron chi connectivity index (χ0n) is 21.2. The van der Waals surface area contributed by atoms with Crippen molar-refractivity contribution in [2.24, 2.45) is 11.3 Å². The molecule has 0 saturated carbocycles. The fraction of sp³-hybridized carbons (Fsp3) is 0.640. The summed E-state index contributed by atoms with van der Waals surface area (Å²) in [7, 11) is 1.53. The molecule has 0 bridgehead atoms. The van der Waals surface area contributed by atoms with Crippen LogP contribution in [0.3, 0.4) is 0 Å². The van der Waals surface area contributed by atoms with Gasteiger partial charge in [-0.25, -0.2) is 0 Å². The number of hydrogen-bond acceptors (Lipinski definition) is 5. The third kappa shape index (κ3) is 11.0. The molecular weight excluding hydrogens is 479 g/mol. The number of carbonyl (C=O) groups excluding carboxylic acids is 3. The van der Waals surface area contributed by atoms with Gasteiger partial charge in [0.25, 0.3) is 0 Å². The lowest BCUT2D eigenvalue weighted by molar-refractivity contribution is -0.157. The Labute approximate surface area is 213 Å². The van der Waals surface area contributed by atoms with E-state index in [1.165, 1.54) is 7.05 Å². The second-order valence-electron chi connectivity index (χ2n) is 10.3. The van der Waals surface area contributed by atoms with E-state index in [0.29, 0.717) is 41.7 Å². The summed E-state index contributed by atoms with van der Waals surface area (Å²) in [4.78, 5) is 37.9. The number of amides is 2. The smallest absolute Gasteiger partial charge is 0.307 e. The summed E-state index contributed by atoms with van der Waals surface area (Å²) in [5, 5.41) is 6.30. The number of rotatable bonds is 11. The lowest BCUT2D eigenvalue weighted by atomic mass is 9.85. The zero-order valence-corrected chi connectivity index (χ0v) is 22.7. The van der Waals surface area contributed by atoms with Gasteiger partial charge in [-0.15, -0.1) is 0 Å². The number of halogens is 2. The van der Waals surface area contributed by atoms with Gasteiger partial charge in [0.15, 0.2) is 0 Å².